The predicted octanol–water partition coefficient (Wildman–Crippen LogP) is 16.7. The van der Waals surface area contributed by atoms with Crippen LogP contribution in [0.25, 0.3) is 0 Å². The summed E-state index contributed by atoms with van der Waals surface area (Å²) < 4.78 is 5.53. The van der Waals surface area contributed by atoms with Crippen molar-refractivity contribution in [3.63, 3.8) is 0 Å². The largest absolute Gasteiger partial charge is 0.466 e. The standard InChI is InChI=1S/C60H123N3O4/c1-5-9-13-16-19-22-25-28-31-34-37-40-45-54-67-60(66)48-46-49-61-55-59(65)57-63(51-42-39-36-33-30-27-24-21-18-15-11-7-3)53-44-43-52-62(56-58(64)47-12-8-4)50-41-38-35-32-29-26-23-20-17-14-10-6-2/h58-59,61,64-65H,5-57H2,1-4H3. The number of nitrogens with one attached hydrogen (secondary N) is 1. The van der Waals surface area contributed by atoms with Crippen LogP contribution in [0.4, 0.5) is 0 Å². The molecule has 0 heterocycles. The SMILES string of the molecule is CCCCCCCCCCCCCCCOC(=O)CCCNCC(O)CN(CCCCCCCCCCCCCC)CCCCN(CCCCCCCCCCCCCC)CC(O)CCCC. The summed E-state index contributed by atoms with van der Waals surface area (Å²) in [6.07, 6.45) is 55.9. The number of carbonyl (C=O) groups is 1. The molecule has 0 fully saturated rings. The number of unbranched alkanes of at least 4 members (excludes halogenated alkanes) is 36. The van der Waals surface area contributed by atoms with E-state index in [1.54, 1.807) is 0 Å². The van der Waals surface area contributed by atoms with Gasteiger partial charge in [-0.2, -0.15) is 0 Å². The van der Waals surface area contributed by atoms with E-state index in [0.717, 1.165) is 90.6 Å². The van der Waals surface area contributed by atoms with Crippen molar-refractivity contribution in [3.8, 4) is 0 Å². The molecule has 3 N–H and O–H groups in total. The third-order valence-electron chi connectivity index (χ3n) is 14.3. The molecule has 0 saturated carbocycles. The Hall–Kier alpha value is -0.730. The molecular formula is C60H123N3O4. The summed E-state index contributed by atoms with van der Waals surface area (Å²) in [4.78, 5) is 17.4. The Balaban J connectivity index is 4.60. The van der Waals surface area contributed by atoms with Crippen LogP contribution in [0.15, 0.2) is 0 Å². The highest BCUT2D eigenvalue weighted by Gasteiger charge is 2.15. The number of rotatable bonds is 58. The quantitative estimate of drug-likeness (QED) is 0.0414. The number of ether oxygens (including phenoxy) is 1. The average molecular weight is 951 g/mol. The molecule has 67 heavy (non-hydrogen) atoms. The first-order chi connectivity index (χ1) is 33.0. The van der Waals surface area contributed by atoms with Crippen molar-refractivity contribution in [1.82, 2.24) is 15.1 Å². The number of hydrogen-bond acceptors (Lipinski definition) is 7. The Labute approximate surface area is 420 Å². The average Bonchev–Trinajstić information content (AvgIpc) is 3.32. The zero-order valence-electron chi connectivity index (χ0n) is 46.2. The molecular weight excluding hydrogens is 827 g/mol. The van der Waals surface area contributed by atoms with Crippen LogP contribution in [-0.4, -0.2) is 97.2 Å². The molecule has 0 aromatic heterocycles. The zero-order valence-corrected chi connectivity index (χ0v) is 46.2. The van der Waals surface area contributed by atoms with Crippen LogP contribution in [-0.2, 0) is 9.53 Å². The molecule has 0 spiro atoms. The predicted molar refractivity (Wildman–Crippen MR) is 295 cm³/mol. The summed E-state index contributed by atoms with van der Waals surface area (Å²) in [7, 11) is 0. The van der Waals surface area contributed by atoms with Gasteiger partial charge in [-0.15, -0.1) is 0 Å². The molecule has 0 aliphatic heterocycles. The molecule has 2 atom stereocenters. The van der Waals surface area contributed by atoms with E-state index in [-0.39, 0.29) is 12.1 Å². The fourth-order valence-electron chi connectivity index (χ4n) is 9.81. The summed E-state index contributed by atoms with van der Waals surface area (Å²) in [5.41, 5.74) is 0. The van der Waals surface area contributed by atoms with Crippen LogP contribution in [0.1, 0.15) is 310 Å². The minimum absolute atomic E-state index is 0.0852. The summed E-state index contributed by atoms with van der Waals surface area (Å²) >= 11 is 0. The summed E-state index contributed by atoms with van der Waals surface area (Å²) in [6.45, 7) is 16.7. The van der Waals surface area contributed by atoms with Gasteiger partial charge >= 0.3 is 5.97 Å². The topological polar surface area (TPSA) is 85.3 Å². The lowest BCUT2D eigenvalue weighted by Gasteiger charge is -2.27. The molecule has 0 amide bonds. The van der Waals surface area contributed by atoms with Crippen molar-refractivity contribution in [2.45, 2.75) is 322 Å². The number of aliphatic hydroxyl groups excluding tert-OH is 2. The van der Waals surface area contributed by atoms with Gasteiger partial charge in [-0.05, 0) is 77.7 Å². The molecule has 0 saturated heterocycles. The van der Waals surface area contributed by atoms with Gasteiger partial charge in [-0.25, -0.2) is 0 Å². The van der Waals surface area contributed by atoms with Gasteiger partial charge < -0.3 is 30.1 Å². The van der Waals surface area contributed by atoms with Gasteiger partial charge in [-0.3, -0.25) is 4.79 Å². The summed E-state index contributed by atoms with van der Waals surface area (Å²) in [5.74, 6) is -0.0852. The normalized spacial score (nSPS) is 12.8. The molecule has 0 bridgehead atoms. The Morgan fingerprint density at radius 1 is 0.388 bits per heavy atom. The molecule has 7 heteroatoms. The number of aliphatic hydroxyl groups is 2. The fraction of sp³-hybridized carbons (Fsp3) is 0.983. The maximum Gasteiger partial charge on any atom is 0.305 e. The molecule has 7 nitrogen and oxygen atoms in total. The summed E-state index contributed by atoms with van der Waals surface area (Å²) in [6, 6.07) is 0. The van der Waals surface area contributed by atoms with E-state index in [0.29, 0.717) is 26.1 Å². The third kappa shape index (κ3) is 52.9. The first kappa shape index (κ1) is 66.3. The second kappa shape index (κ2) is 56.2. The molecule has 0 aromatic carbocycles. The van der Waals surface area contributed by atoms with Gasteiger partial charge in [0.05, 0.1) is 18.8 Å². The maximum absolute atomic E-state index is 12.3. The monoisotopic (exact) mass is 950 g/mol. The summed E-state index contributed by atoms with van der Waals surface area (Å²) in [5, 5.41) is 25.4. The Kier molecular flexibility index (Phi) is 55.6. The van der Waals surface area contributed by atoms with Crippen LogP contribution in [0, 0.1) is 0 Å². The Bertz CT molecular complexity index is 939. The van der Waals surface area contributed by atoms with E-state index < -0.39 is 6.10 Å². The Morgan fingerprint density at radius 2 is 0.687 bits per heavy atom. The highest BCUT2D eigenvalue weighted by molar-refractivity contribution is 5.69. The van der Waals surface area contributed by atoms with Crippen molar-refractivity contribution in [1.29, 1.82) is 0 Å². The Morgan fingerprint density at radius 3 is 1.04 bits per heavy atom. The minimum atomic E-state index is -0.421. The van der Waals surface area contributed by atoms with Crippen LogP contribution < -0.4 is 5.32 Å². The maximum atomic E-state index is 12.3. The van der Waals surface area contributed by atoms with Gasteiger partial charge in [-0.1, -0.05) is 259 Å². The molecule has 0 aliphatic rings. The van der Waals surface area contributed by atoms with Gasteiger partial charge in [0, 0.05) is 26.1 Å². The number of carbonyl (C=O) groups excluding carboxylic acids is 1. The van der Waals surface area contributed by atoms with Crippen molar-refractivity contribution >= 4 is 5.97 Å². The lowest BCUT2D eigenvalue weighted by Crippen LogP contribution is -2.40. The molecule has 0 aliphatic carbocycles. The number of hydrogen-bond donors (Lipinski definition) is 3. The smallest absolute Gasteiger partial charge is 0.305 e. The van der Waals surface area contributed by atoms with Crippen LogP contribution in [0.3, 0.4) is 0 Å². The fourth-order valence-corrected chi connectivity index (χ4v) is 9.81. The van der Waals surface area contributed by atoms with Crippen LogP contribution in [0.5, 0.6) is 0 Å². The molecule has 0 radical (unpaired) electrons. The second-order valence-corrected chi connectivity index (χ2v) is 21.3. The molecule has 0 rings (SSSR count). The lowest BCUT2D eigenvalue weighted by molar-refractivity contribution is -0.143. The van der Waals surface area contributed by atoms with Crippen molar-refractivity contribution in [2.75, 3.05) is 59.0 Å². The number of esters is 1. The number of nitrogens with zero attached hydrogens (tertiary/aromatic N) is 2. The van der Waals surface area contributed by atoms with Crippen LogP contribution in [0.2, 0.25) is 0 Å². The zero-order chi connectivity index (χ0) is 48.8. The highest BCUT2D eigenvalue weighted by atomic mass is 16.5. The van der Waals surface area contributed by atoms with Gasteiger partial charge in [0.15, 0.2) is 0 Å². The third-order valence-corrected chi connectivity index (χ3v) is 14.3. The van der Waals surface area contributed by atoms with Gasteiger partial charge in [0.1, 0.15) is 0 Å². The minimum Gasteiger partial charge on any atom is -0.466 e. The van der Waals surface area contributed by atoms with E-state index in [1.807, 2.05) is 0 Å². The van der Waals surface area contributed by atoms with Crippen LogP contribution >= 0.6 is 0 Å². The van der Waals surface area contributed by atoms with E-state index in [2.05, 4.69) is 42.8 Å². The van der Waals surface area contributed by atoms with E-state index in [9.17, 15) is 15.0 Å². The van der Waals surface area contributed by atoms with E-state index >= 15 is 0 Å². The lowest BCUT2D eigenvalue weighted by atomic mass is 10.0. The highest BCUT2D eigenvalue weighted by Crippen LogP contribution is 2.16. The van der Waals surface area contributed by atoms with Crippen molar-refractivity contribution in [3.05, 3.63) is 0 Å². The first-order valence-corrected chi connectivity index (χ1v) is 30.6. The molecule has 402 valence electrons. The van der Waals surface area contributed by atoms with E-state index in [1.165, 1.54) is 225 Å². The first-order valence-electron chi connectivity index (χ1n) is 30.6. The van der Waals surface area contributed by atoms with E-state index in [4.69, 9.17) is 4.74 Å². The van der Waals surface area contributed by atoms with Gasteiger partial charge in [0.25, 0.3) is 0 Å². The molecule has 0 aromatic rings. The van der Waals surface area contributed by atoms with Gasteiger partial charge in [0.2, 0.25) is 0 Å². The van der Waals surface area contributed by atoms with Crippen molar-refractivity contribution < 1.29 is 19.7 Å². The van der Waals surface area contributed by atoms with Crippen molar-refractivity contribution in [2.24, 2.45) is 0 Å². The molecule has 2 unspecified atom stereocenters. The second-order valence-electron chi connectivity index (χ2n) is 21.3.